The molecular formula is C16H22N4S. The van der Waals surface area contributed by atoms with Crippen molar-refractivity contribution < 1.29 is 0 Å². The van der Waals surface area contributed by atoms with E-state index in [0.717, 1.165) is 17.5 Å². The Balaban J connectivity index is 2.01. The third-order valence-electron chi connectivity index (χ3n) is 3.04. The lowest BCUT2D eigenvalue weighted by Crippen LogP contribution is -2.38. The van der Waals surface area contributed by atoms with Crippen LogP contribution in [0.3, 0.4) is 0 Å². The molecule has 1 atom stereocenters. The van der Waals surface area contributed by atoms with Crippen LogP contribution in [0.2, 0.25) is 0 Å². The summed E-state index contributed by atoms with van der Waals surface area (Å²) < 4.78 is 0. The van der Waals surface area contributed by atoms with E-state index >= 15 is 0 Å². The minimum absolute atomic E-state index is 0.210. The van der Waals surface area contributed by atoms with Crippen molar-refractivity contribution in [1.82, 2.24) is 15.6 Å². The van der Waals surface area contributed by atoms with Gasteiger partial charge in [-0.2, -0.15) is 0 Å². The summed E-state index contributed by atoms with van der Waals surface area (Å²) >= 11 is 1.69. The number of rotatable bonds is 5. The summed E-state index contributed by atoms with van der Waals surface area (Å²) in [5.74, 6) is 0.821. The van der Waals surface area contributed by atoms with Gasteiger partial charge >= 0.3 is 0 Å². The zero-order valence-electron chi connectivity index (χ0n) is 12.8. The second kappa shape index (κ2) is 7.78. The number of nitrogens with zero attached hydrogens (tertiary/aromatic N) is 2. The Bertz CT molecular complexity index is 577. The molecular weight excluding hydrogens is 280 g/mol. The summed E-state index contributed by atoms with van der Waals surface area (Å²) in [6.07, 6.45) is 1.89. The van der Waals surface area contributed by atoms with Crippen LogP contribution in [0.1, 0.15) is 35.3 Å². The van der Waals surface area contributed by atoms with Crippen molar-refractivity contribution in [3.05, 3.63) is 52.0 Å². The van der Waals surface area contributed by atoms with Crippen molar-refractivity contribution in [2.24, 2.45) is 4.99 Å². The second-order valence-corrected chi connectivity index (χ2v) is 6.16. The monoisotopic (exact) mass is 302 g/mol. The van der Waals surface area contributed by atoms with Gasteiger partial charge in [-0.25, -0.2) is 9.98 Å². The molecule has 0 bridgehead atoms. The number of aromatic nitrogens is 1. The Morgan fingerprint density at radius 1 is 1.33 bits per heavy atom. The van der Waals surface area contributed by atoms with Gasteiger partial charge in [0.25, 0.3) is 0 Å². The lowest BCUT2D eigenvalue weighted by atomic mass is 10.1. The first-order valence-corrected chi connectivity index (χ1v) is 8.01. The van der Waals surface area contributed by atoms with E-state index in [2.05, 4.69) is 65.6 Å². The molecule has 0 spiro atoms. The first-order chi connectivity index (χ1) is 10.2. The molecule has 5 heteroatoms. The van der Waals surface area contributed by atoms with Crippen LogP contribution in [0.5, 0.6) is 0 Å². The first-order valence-electron chi connectivity index (χ1n) is 7.20. The quantitative estimate of drug-likeness (QED) is 0.658. The Labute approximate surface area is 130 Å². The van der Waals surface area contributed by atoms with Crippen LogP contribution in [-0.4, -0.2) is 17.5 Å². The Kier molecular flexibility index (Phi) is 5.75. The van der Waals surface area contributed by atoms with E-state index in [1.165, 1.54) is 10.4 Å². The fourth-order valence-corrected chi connectivity index (χ4v) is 2.68. The van der Waals surface area contributed by atoms with E-state index in [0.29, 0.717) is 6.54 Å². The summed E-state index contributed by atoms with van der Waals surface area (Å²) in [6, 6.07) is 10.6. The van der Waals surface area contributed by atoms with Crippen molar-refractivity contribution in [1.29, 1.82) is 0 Å². The summed E-state index contributed by atoms with van der Waals surface area (Å²) in [5, 5.41) is 7.74. The topological polar surface area (TPSA) is 49.3 Å². The molecule has 0 saturated heterocycles. The number of benzene rings is 1. The molecule has 0 aliphatic rings. The van der Waals surface area contributed by atoms with Gasteiger partial charge in [0.05, 0.1) is 12.6 Å². The van der Waals surface area contributed by atoms with E-state index in [4.69, 9.17) is 0 Å². The molecule has 0 aliphatic carbocycles. The molecule has 0 fully saturated rings. The summed E-state index contributed by atoms with van der Waals surface area (Å²) in [7, 11) is 0. The average Bonchev–Trinajstić information content (AvgIpc) is 2.91. The highest BCUT2D eigenvalue weighted by Gasteiger charge is 2.07. The van der Waals surface area contributed by atoms with Gasteiger partial charge in [0, 0.05) is 17.6 Å². The molecule has 2 rings (SSSR count). The Morgan fingerprint density at radius 3 is 2.71 bits per heavy atom. The predicted molar refractivity (Wildman–Crippen MR) is 89.7 cm³/mol. The van der Waals surface area contributed by atoms with E-state index in [-0.39, 0.29) is 6.04 Å². The van der Waals surface area contributed by atoms with E-state index in [9.17, 15) is 0 Å². The molecule has 21 heavy (non-hydrogen) atoms. The number of nitrogens with one attached hydrogen (secondary N) is 2. The second-order valence-electron chi connectivity index (χ2n) is 4.84. The Hall–Kier alpha value is -1.88. The number of hydrogen-bond donors (Lipinski definition) is 2. The molecule has 0 radical (unpaired) electrons. The van der Waals surface area contributed by atoms with Crippen LogP contribution in [0.25, 0.3) is 0 Å². The first kappa shape index (κ1) is 15.5. The van der Waals surface area contributed by atoms with Gasteiger partial charge in [-0.3, -0.25) is 0 Å². The third-order valence-corrected chi connectivity index (χ3v) is 3.94. The average molecular weight is 302 g/mol. The molecule has 0 amide bonds. The molecule has 1 aromatic carbocycles. The molecule has 1 heterocycles. The molecule has 1 unspecified atom stereocenters. The Morgan fingerprint density at radius 2 is 2.10 bits per heavy atom. The number of guanidine groups is 1. The zero-order valence-corrected chi connectivity index (χ0v) is 13.6. The SMILES string of the molecule is CCNC(=NCc1ncc(C)s1)NC(C)c1ccccc1. The molecule has 0 saturated carbocycles. The number of aryl methyl sites for hydroxylation is 1. The normalized spacial score (nSPS) is 13.0. The highest BCUT2D eigenvalue weighted by molar-refractivity contribution is 7.11. The van der Waals surface area contributed by atoms with Gasteiger partial charge in [0.2, 0.25) is 0 Å². The van der Waals surface area contributed by atoms with Crippen molar-refractivity contribution in [3.8, 4) is 0 Å². The van der Waals surface area contributed by atoms with Crippen LogP contribution in [0.4, 0.5) is 0 Å². The lowest BCUT2D eigenvalue weighted by molar-refractivity contribution is 0.686. The van der Waals surface area contributed by atoms with Crippen LogP contribution in [0, 0.1) is 6.92 Å². The highest BCUT2D eigenvalue weighted by Crippen LogP contribution is 2.13. The standard InChI is InChI=1S/C16H22N4S/c1-4-17-16(19-11-15-18-10-12(2)21-15)20-13(3)14-8-6-5-7-9-14/h5-10,13H,4,11H2,1-3H3,(H2,17,19,20). The van der Waals surface area contributed by atoms with Crippen molar-refractivity contribution in [2.75, 3.05) is 6.54 Å². The predicted octanol–water partition coefficient (Wildman–Crippen LogP) is 3.27. The van der Waals surface area contributed by atoms with Crippen molar-refractivity contribution in [3.63, 3.8) is 0 Å². The fourth-order valence-electron chi connectivity index (χ4n) is 1.97. The van der Waals surface area contributed by atoms with Crippen molar-refractivity contribution >= 4 is 17.3 Å². The van der Waals surface area contributed by atoms with Crippen LogP contribution >= 0.6 is 11.3 Å². The number of hydrogen-bond acceptors (Lipinski definition) is 3. The van der Waals surface area contributed by atoms with Crippen molar-refractivity contribution in [2.45, 2.75) is 33.4 Å². The van der Waals surface area contributed by atoms with Gasteiger partial charge in [0.1, 0.15) is 5.01 Å². The largest absolute Gasteiger partial charge is 0.357 e. The molecule has 1 aromatic heterocycles. The van der Waals surface area contributed by atoms with Crippen LogP contribution in [-0.2, 0) is 6.54 Å². The highest BCUT2D eigenvalue weighted by atomic mass is 32.1. The van der Waals surface area contributed by atoms with Gasteiger partial charge in [0.15, 0.2) is 5.96 Å². The molecule has 2 N–H and O–H groups in total. The van der Waals surface area contributed by atoms with Crippen LogP contribution < -0.4 is 10.6 Å². The molecule has 2 aromatic rings. The molecule has 0 aliphatic heterocycles. The maximum absolute atomic E-state index is 4.60. The zero-order chi connectivity index (χ0) is 15.1. The number of thiazole rings is 1. The molecule has 112 valence electrons. The lowest BCUT2D eigenvalue weighted by Gasteiger charge is -2.18. The summed E-state index contributed by atoms with van der Waals surface area (Å²) in [4.78, 5) is 10.2. The smallest absolute Gasteiger partial charge is 0.192 e. The van der Waals surface area contributed by atoms with Gasteiger partial charge in [-0.1, -0.05) is 30.3 Å². The van der Waals surface area contributed by atoms with Gasteiger partial charge < -0.3 is 10.6 Å². The van der Waals surface area contributed by atoms with Gasteiger partial charge in [-0.15, -0.1) is 11.3 Å². The minimum atomic E-state index is 0.210. The number of aliphatic imine (C=N–C) groups is 1. The van der Waals surface area contributed by atoms with E-state index in [1.54, 1.807) is 11.3 Å². The van der Waals surface area contributed by atoms with Crippen LogP contribution in [0.15, 0.2) is 41.5 Å². The molecule has 4 nitrogen and oxygen atoms in total. The maximum atomic E-state index is 4.60. The van der Waals surface area contributed by atoms with E-state index < -0.39 is 0 Å². The summed E-state index contributed by atoms with van der Waals surface area (Å²) in [5.41, 5.74) is 1.24. The minimum Gasteiger partial charge on any atom is -0.357 e. The maximum Gasteiger partial charge on any atom is 0.192 e. The van der Waals surface area contributed by atoms with Gasteiger partial charge in [-0.05, 0) is 26.3 Å². The fraction of sp³-hybridized carbons (Fsp3) is 0.375. The third kappa shape index (κ3) is 4.86. The van der Waals surface area contributed by atoms with E-state index in [1.807, 2.05) is 12.3 Å². The summed E-state index contributed by atoms with van der Waals surface area (Å²) in [6.45, 7) is 7.71.